The standard InChI is InChI=1S/C81H53N7S7/c1-8-9-58(77-66(86-95-88-77)29-18-50(41-82)42-83)67-30-32-69(90-67)72-36-53-35-60-61-37-64-62(38-63(61)80(65(60)39-71(53)92-72,54-20-10-45(2)11-21-54)55-22-12-46(3)13-23-55)78-75(81(64,56-24-14-47(4)15-25-56)57-26-16-48(5)17-27-57)79-74(94-78)40-73(93-79)70-33-31-68(91-70)59-28-19-52(34-51(43-84)44-85)49(6)76(59)87-89-7/h8-28,30-40H,1,6,29H2,2-5,7H3/b58-9-,87-76+. The fourth-order valence-electron chi connectivity index (χ4n) is 13.9. The summed E-state index contributed by atoms with van der Waals surface area (Å²) in [5.74, 6) is 0. The molecule has 12 aromatic rings. The zero-order chi connectivity index (χ0) is 65.4. The normalized spacial score (nSPS) is 14.4. The number of aryl methyl sites for hydroxylation is 4. The monoisotopic (exact) mass is 1350 g/mol. The van der Waals surface area contributed by atoms with Crippen molar-refractivity contribution in [3.8, 4) is 65.4 Å². The molecule has 0 saturated carbocycles. The van der Waals surface area contributed by atoms with Crippen LogP contribution in [0.4, 0.5) is 0 Å². The highest BCUT2D eigenvalue weighted by Gasteiger charge is 2.53. The zero-order valence-corrected chi connectivity index (χ0v) is 57.8. The number of thiophene rings is 5. The molecule has 0 amide bonds. The third kappa shape index (κ3) is 9.99. The molecular weight excluding hydrogens is 1300 g/mol. The molecule has 6 aromatic heterocycles. The summed E-state index contributed by atoms with van der Waals surface area (Å²) in [4.78, 5) is 8.00. The Morgan fingerprint density at radius 3 is 1.74 bits per heavy atom. The van der Waals surface area contributed by atoms with Crippen molar-refractivity contribution in [3.63, 3.8) is 0 Å². The fraction of sp³-hybridized carbons (Fsp3) is 0.0988. The molecule has 454 valence electrons. The number of hydrogen-bond donors (Lipinski definition) is 0. The summed E-state index contributed by atoms with van der Waals surface area (Å²) < 4.78 is 17.9. The minimum atomic E-state index is -0.717. The molecule has 0 bridgehead atoms. The van der Waals surface area contributed by atoms with Gasteiger partial charge in [-0.2, -0.15) is 29.8 Å². The van der Waals surface area contributed by atoms with E-state index in [1.165, 1.54) is 125 Å². The molecule has 0 saturated heterocycles. The maximum atomic E-state index is 9.60. The molecule has 0 radical (unpaired) electrons. The quantitative estimate of drug-likeness (QED) is 0.0601. The first-order valence-corrected chi connectivity index (χ1v) is 36.6. The van der Waals surface area contributed by atoms with Gasteiger partial charge in [0.2, 0.25) is 0 Å². The maximum absolute atomic E-state index is 9.60. The second-order valence-electron chi connectivity index (χ2n) is 23.9. The average Bonchev–Trinajstić information content (AvgIpc) is 1.50. The van der Waals surface area contributed by atoms with Crippen molar-refractivity contribution in [1.82, 2.24) is 8.75 Å². The molecule has 0 unspecified atom stereocenters. The van der Waals surface area contributed by atoms with E-state index in [1.54, 1.807) is 40.9 Å². The largest absolute Gasteiger partial charge is 0.216 e. The van der Waals surface area contributed by atoms with Gasteiger partial charge < -0.3 is 0 Å². The van der Waals surface area contributed by atoms with Gasteiger partial charge in [-0.25, -0.2) is 4.40 Å². The second kappa shape index (κ2) is 24.4. The summed E-state index contributed by atoms with van der Waals surface area (Å²) >= 11 is 11.5. The van der Waals surface area contributed by atoms with Crippen LogP contribution in [0, 0.1) is 73.0 Å². The van der Waals surface area contributed by atoms with E-state index < -0.39 is 10.8 Å². The van der Waals surface area contributed by atoms with Gasteiger partial charge in [0.15, 0.2) is 0 Å². The molecule has 95 heavy (non-hydrogen) atoms. The van der Waals surface area contributed by atoms with E-state index in [2.05, 4.69) is 203 Å². The molecular formula is C81H53N7S7. The first-order chi connectivity index (χ1) is 46.3. The molecule has 0 fully saturated rings. The minimum Gasteiger partial charge on any atom is -0.216 e. The minimum absolute atomic E-state index is 0.0151. The van der Waals surface area contributed by atoms with E-state index in [4.69, 9.17) is 8.77 Å². The third-order valence-electron chi connectivity index (χ3n) is 18.3. The highest BCUT2D eigenvalue weighted by atomic mass is 32.2. The lowest BCUT2D eigenvalue weighted by Gasteiger charge is -2.35. The molecule has 14 heteroatoms. The van der Waals surface area contributed by atoms with E-state index in [-0.39, 0.29) is 11.1 Å². The first kappa shape index (κ1) is 61.3. The Labute approximate surface area is 580 Å². The van der Waals surface area contributed by atoms with Gasteiger partial charge in [-0.3, -0.25) is 0 Å². The molecule has 0 atom stereocenters. The highest BCUT2D eigenvalue weighted by molar-refractivity contribution is 7.97. The number of fused-ring (bicyclic) bond motifs is 9. The van der Waals surface area contributed by atoms with Crippen molar-refractivity contribution in [3.05, 3.63) is 318 Å². The first-order valence-electron chi connectivity index (χ1n) is 30.6. The summed E-state index contributed by atoms with van der Waals surface area (Å²) in [5.41, 5.74) is 22.4. The van der Waals surface area contributed by atoms with Crippen molar-refractivity contribution in [2.75, 3.05) is 6.26 Å². The molecule has 3 aliphatic rings. The average molecular weight is 1350 g/mol. The van der Waals surface area contributed by atoms with E-state index in [9.17, 15) is 21.0 Å². The van der Waals surface area contributed by atoms with Crippen LogP contribution in [-0.2, 0) is 17.3 Å². The van der Waals surface area contributed by atoms with Gasteiger partial charge in [0.25, 0.3) is 0 Å². The van der Waals surface area contributed by atoms with Gasteiger partial charge in [-0.15, -0.1) is 56.7 Å². The predicted molar refractivity (Wildman–Crippen MR) is 401 cm³/mol. The number of nitriles is 4. The number of hydrogen-bond acceptors (Lipinski definition) is 14. The van der Waals surface area contributed by atoms with E-state index >= 15 is 0 Å². The van der Waals surface area contributed by atoms with E-state index in [0.717, 1.165) is 53.0 Å². The Kier molecular flexibility index (Phi) is 15.8. The zero-order valence-electron chi connectivity index (χ0n) is 52.1. The SMILES string of the molecule is C=C/C=C(/c1ccc(-c2cc3cc4c(cc3s2)C(c2ccc(C)cc2)(c2ccc(C)cc2)c2cc3c(cc2-4)C(c2ccc(C)cc2)(c2ccc(C)cc2)c2c-3sc3cc(-c4ccc(C5=CC=C(C=C(C#N)C#N)C(=C)/C5=N\SC)s4)sc23)s1)c1nsnc1CC=C(C#N)C#N. The topological polar surface area (TPSA) is 133 Å². The smallest absolute Gasteiger partial charge is 0.130 e. The summed E-state index contributed by atoms with van der Waals surface area (Å²) in [7, 11) is 0. The molecule has 3 aliphatic carbocycles. The Hall–Kier alpha value is -9.94. The van der Waals surface area contributed by atoms with Crippen molar-refractivity contribution >= 4 is 117 Å². The van der Waals surface area contributed by atoms with Crippen molar-refractivity contribution < 1.29 is 0 Å². The van der Waals surface area contributed by atoms with Crippen LogP contribution < -0.4 is 0 Å². The summed E-state index contributed by atoms with van der Waals surface area (Å²) in [6.07, 6.45) is 13.1. The summed E-state index contributed by atoms with van der Waals surface area (Å²) in [6.45, 7) is 17.2. The van der Waals surface area contributed by atoms with Gasteiger partial charge in [0, 0.05) is 78.5 Å². The van der Waals surface area contributed by atoms with Crippen LogP contribution in [0.15, 0.2) is 234 Å². The van der Waals surface area contributed by atoms with E-state index in [0.29, 0.717) is 29.0 Å². The van der Waals surface area contributed by atoms with Crippen molar-refractivity contribution in [2.45, 2.75) is 44.9 Å². The summed E-state index contributed by atoms with van der Waals surface area (Å²) in [5, 5.41) is 39.3. The fourth-order valence-corrected chi connectivity index (χ4v) is 20.9. The van der Waals surface area contributed by atoms with Crippen molar-refractivity contribution in [2.24, 2.45) is 4.40 Å². The molecule has 6 aromatic carbocycles. The van der Waals surface area contributed by atoms with Crippen LogP contribution in [0.3, 0.4) is 0 Å². The number of rotatable bonds is 14. The van der Waals surface area contributed by atoms with Gasteiger partial charge >= 0.3 is 0 Å². The molecule has 0 N–H and O–H groups in total. The molecule has 15 rings (SSSR count). The van der Waals surface area contributed by atoms with Crippen LogP contribution in [0.25, 0.3) is 71.7 Å². The van der Waals surface area contributed by atoms with E-state index in [1.807, 2.05) is 82.8 Å². The Morgan fingerprint density at radius 1 is 0.558 bits per heavy atom. The molecule has 0 spiro atoms. The Morgan fingerprint density at radius 2 is 1.12 bits per heavy atom. The molecule has 6 heterocycles. The lowest BCUT2D eigenvalue weighted by Crippen LogP contribution is -2.30. The Balaban J connectivity index is 0.936. The van der Waals surface area contributed by atoms with Crippen molar-refractivity contribution in [1.29, 1.82) is 21.0 Å². The number of aromatic nitrogens is 2. The van der Waals surface area contributed by atoms with Gasteiger partial charge in [-0.1, -0.05) is 157 Å². The Bertz CT molecular complexity index is 5490. The van der Waals surface area contributed by atoms with Crippen LogP contribution in [0.5, 0.6) is 0 Å². The van der Waals surface area contributed by atoms with Gasteiger partial charge in [0.05, 0.1) is 38.7 Å². The lowest BCUT2D eigenvalue weighted by molar-refractivity contribution is 0.762. The van der Waals surface area contributed by atoms with Crippen LogP contribution in [0.1, 0.15) is 87.9 Å². The number of nitrogens with zero attached hydrogens (tertiary/aromatic N) is 7. The van der Waals surface area contributed by atoms with Crippen LogP contribution >= 0.6 is 80.4 Å². The predicted octanol–water partition coefficient (Wildman–Crippen LogP) is 22.2. The maximum Gasteiger partial charge on any atom is 0.130 e. The number of benzene rings is 6. The van der Waals surface area contributed by atoms with Gasteiger partial charge in [-0.05, 0) is 179 Å². The third-order valence-corrected chi connectivity index (χ3v) is 25.5. The summed E-state index contributed by atoms with van der Waals surface area (Å²) in [6, 6.07) is 68.7. The molecule has 0 aliphatic heterocycles. The second-order valence-corrected chi connectivity index (χ2v) is 30.3. The lowest BCUT2D eigenvalue weighted by atomic mass is 9.65. The highest BCUT2D eigenvalue weighted by Crippen LogP contribution is 2.67. The number of allylic oxidation sites excluding steroid dienone is 11. The van der Waals surface area contributed by atoms with Gasteiger partial charge in [0.1, 0.15) is 41.1 Å². The van der Waals surface area contributed by atoms with Crippen LogP contribution in [-0.4, -0.2) is 20.7 Å². The molecule has 7 nitrogen and oxygen atoms in total. The van der Waals surface area contributed by atoms with Crippen LogP contribution in [0.2, 0.25) is 0 Å².